The Morgan fingerprint density at radius 1 is 1.04 bits per heavy atom. The molecule has 1 saturated heterocycles. The molecule has 3 rings (SSSR count). The van der Waals surface area contributed by atoms with E-state index in [1.807, 2.05) is 0 Å². The number of pyridine rings is 1. The molecule has 1 aliphatic heterocycles. The fourth-order valence-electron chi connectivity index (χ4n) is 2.35. The molecule has 0 aliphatic carbocycles. The fraction of sp³-hybridized carbons (Fsp3) is 0.250. The highest BCUT2D eigenvalue weighted by Gasteiger charge is 2.26. The summed E-state index contributed by atoms with van der Waals surface area (Å²) in [4.78, 5) is 16.2. The van der Waals surface area contributed by atoms with Crippen LogP contribution in [0.15, 0.2) is 53.7 Å². The second-order valence-corrected chi connectivity index (χ2v) is 7.17. The Labute approximate surface area is 140 Å². The summed E-state index contributed by atoms with van der Waals surface area (Å²) >= 11 is 0. The lowest BCUT2D eigenvalue weighted by atomic mass is 10.2. The number of sulfonamides is 1. The largest absolute Gasteiger partial charge is 0.379 e. The molecule has 1 fully saturated rings. The van der Waals surface area contributed by atoms with Crippen molar-refractivity contribution < 1.29 is 17.9 Å². The first-order valence-electron chi connectivity index (χ1n) is 7.47. The molecule has 1 aromatic carbocycles. The summed E-state index contributed by atoms with van der Waals surface area (Å²) in [5.41, 5.74) is 1.01. The number of morpholine rings is 1. The minimum atomic E-state index is -3.55. The second kappa shape index (κ2) is 7.08. The van der Waals surface area contributed by atoms with Gasteiger partial charge in [0.25, 0.3) is 5.91 Å². The van der Waals surface area contributed by atoms with Gasteiger partial charge < -0.3 is 10.1 Å². The van der Waals surface area contributed by atoms with Gasteiger partial charge in [0.2, 0.25) is 10.0 Å². The molecule has 1 aliphatic rings. The summed E-state index contributed by atoms with van der Waals surface area (Å²) in [6.07, 6.45) is 3.15. The molecule has 8 heteroatoms. The number of hydrogen-bond donors (Lipinski definition) is 1. The molecule has 0 radical (unpaired) electrons. The van der Waals surface area contributed by atoms with Gasteiger partial charge >= 0.3 is 0 Å². The van der Waals surface area contributed by atoms with Crippen LogP contribution in [-0.2, 0) is 14.8 Å². The second-order valence-electron chi connectivity index (χ2n) is 5.23. The van der Waals surface area contributed by atoms with Gasteiger partial charge in [-0.15, -0.1) is 0 Å². The average Bonchev–Trinajstić information content (AvgIpc) is 2.63. The molecule has 2 aromatic rings. The number of ether oxygens (including phenoxy) is 1. The highest BCUT2D eigenvalue weighted by Crippen LogP contribution is 2.18. The fourth-order valence-corrected chi connectivity index (χ4v) is 3.76. The zero-order valence-electron chi connectivity index (χ0n) is 12.9. The van der Waals surface area contributed by atoms with E-state index in [-0.39, 0.29) is 10.8 Å². The van der Waals surface area contributed by atoms with Crippen molar-refractivity contribution in [2.75, 3.05) is 31.6 Å². The van der Waals surface area contributed by atoms with Crippen LogP contribution in [0.4, 0.5) is 5.69 Å². The van der Waals surface area contributed by atoms with Crippen molar-refractivity contribution in [3.8, 4) is 0 Å². The molecule has 0 spiro atoms. The number of carbonyl (C=O) groups excluding carboxylic acids is 1. The van der Waals surface area contributed by atoms with Gasteiger partial charge in [-0.3, -0.25) is 9.78 Å². The van der Waals surface area contributed by atoms with Crippen LogP contribution in [0.1, 0.15) is 10.4 Å². The molecule has 126 valence electrons. The maximum absolute atomic E-state index is 12.5. The number of amides is 1. The van der Waals surface area contributed by atoms with Crippen molar-refractivity contribution in [2.45, 2.75) is 4.90 Å². The normalized spacial score (nSPS) is 15.8. The Balaban J connectivity index is 1.74. The van der Waals surface area contributed by atoms with E-state index in [1.54, 1.807) is 24.5 Å². The van der Waals surface area contributed by atoms with Gasteiger partial charge in [-0.1, -0.05) is 0 Å². The smallest absolute Gasteiger partial charge is 0.255 e. The number of anilines is 1. The lowest BCUT2D eigenvalue weighted by molar-refractivity contribution is 0.0730. The molecular weight excluding hydrogens is 330 g/mol. The predicted octanol–water partition coefficient (Wildman–Crippen LogP) is 1.35. The SMILES string of the molecule is O=C(Nc1ccncc1)c1ccc(S(=O)(=O)N2CCOCC2)cc1. The molecule has 0 saturated carbocycles. The van der Waals surface area contributed by atoms with Gasteiger partial charge in [0, 0.05) is 36.7 Å². The van der Waals surface area contributed by atoms with Crippen LogP contribution in [0.25, 0.3) is 0 Å². The van der Waals surface area contributed by atoms with Crippen LogP contribution in [0.5, 0.6) is 0 Å². The Morgan fingerprint density at radius 3 is 2.29 bits per heavy atom. The lowest BCUT2D eigenvalue weighted by Crippen LogP contribution is -2.40. The van der Waals surface area contributed by atoms with Crippen molar-refractivity contribution in [2.24, 2.45) is 0 Å². The van der Waals surface area contributed by atoms with E-state index in [0.717, 1.165) is 0 Å². The third kappa shape index (κ3) is 3.61. The zero-order valence-corrected chi connectivity index (χ0v) is 13.7. The van der Waals surface area contributed by atoms with Gasteiger partial charge in [0.05, 0.1) is 18.1 Å². The third-order valence-corrected chi connectivity index (χ3v) is 5.58. The minimum Gasteiger partial charge on any atom is -0.379 e. The van der Waals surface area contributed by atoms with Crippen molar-refractivity contribution in [1.82, 2.24) is 9.29 Å². The first kappa shape index (κ1) is 16.6. The molecule has 1 amide bonds. The van der Waals surface area contributed by atoms with Crippen LogP contribution in [0.3, 0.4) is 0 Å². The molecule has 0 unspecified atom stereocenters. The van der Waals surface area contributed by atoms with Gasteiger partial charge in [-0.2, -0.15) is 4.31 Å². The molecule has 1 aromatic heterocycles. The molecule has 2 heterocycles. The number of benzene rings is 1. The summed E-state index contributed by atoms with van der Waals surface area (Å²) in [5.74, 6) is -0.309. The van der Waals surface area contributed by atoms with E-state index >= 15 is 0 Å². The quantitative estimate of drug-likeness (QED) is 0.902. The van der Waals surface area contributed by atoms with Crippen LogP contribution in [0, 0.1) is 0 Å². The van der Waals surface area contributed by atoms with Crippen molar-refractivity contribution in [3.05, 3.63) is 54.4 Å². The Kier molecular flexibility index (Phi) is 4.89. The monoisotopic (exact) mass is 347 g/mol. The molecule has 0 atom stereocenters. The van der Waals surface area contributed by atoms with Crippen LogP contribution < -0.4 is 5.32 Å². The first-order chi connectivity index (χ1) is 11.6. The van der Waals surface area contributed by atoms with E-state index in [0.29, 0.717) is 37.6 Å². The van der Waals surface area contributed by atoms with Gasteiger partial charge in [-0.25, -0.2) is 8.42 Å². The maximum atomic E-state index is 12.5. The standard InChI is InChI=1S/C16H17N3O4S/c20-16(18-14-5-7-17-8-6-14)13-1-3-15(4-2-13)24(21,22)19-9-11-23-12-10-19/h1-8H,9-12H2,(H,17,18,20). The van der Waals surface area contributed by atoms with Crippen LogP contribution in [0.2, 0.25) is 0 Å². The number of aromatic nitrogens is 1. The number of nitrogens with zero attached hydrogens (tertiary/aromatic N) is 2. The number of carbonyl (C=O) groups is 1. The Hall–Kier alpha value is -2.29. The average molecular weight is 347 g/mol. The summed E-state index contributed by atoms with van der Waals surface area (Å²) < 4.78 is 31.6. The van der Waals surface area contributed by atoms with Crippen LogP contribution in [-0.4, -0.2) is 49.9 Å². The molecule has 24 heavy (non-hydrogen) atoms. The minimum absolute atomic E-state index is 0.171. The van der Waals surface area contributed by atoms with E-state index in [1.165, 1.54) is 28.6 Å². The molecule has 7 nitrogen and oxygen atoms in total. The van der Waals surface area contributed by atoms with Crippen LogP contribution >= 0.6 is 0 Å². The molecular formula is C16H17N3O4S. The number of rotatable bonds is 4. The van der Waals surface area contributed by atoms with Crippen molar-refractivity contribution in [1.29, 1.82) is 0 Å². The van der Waals surface area contributed by atoms with Gasteiger partial charge in [0.1, 0.15) is 0 Å². The third-order valence-electron chi connectivity index (χ3n) is 3.66. The molecule has 0 bridgehead atoms. The van der Waals surface area contributed by atoms with Gasteiger partial charge in [-0.05, 0) is 36.4 Å². The maximum Gasteiger partial charge on any atom is 0.255 e. The highest BCUT2D eigenvalue weighted by atomic mass is 32.2. The van der Waals surface area contributed by atoms with E-state index in [2.05, 4.69) is 10.3 Å². The topological polar surface area (TPSA) is 88.6 Å². The summed E-state index contributed by atoms with van der Waals surface area (Å²) in [6.45, 7) is 1.47. The summed E-state index contributed by atoms with van der Waals surface area (Å²) in [5, 5.41) is 2.72. The number of nitrogens with one attached hydrogen (secondary N) is 1. The van der Waals surface area contributed by atoms with E-state index in [4.69, 9.17) is 4.74 Å². The van der Waals surface area contributed by atoms with E-state index < -0.39 is 10.0 Å². The van der Waals surface area contributed by atoms with Crippen molar-refractivity contribution >= 4 is 21.6 Å². The number of hydrogen-bond acceptors (Lipinski definition) is 5. The van der Waals surface area contributed by atoms with Gasteiger partial charge in [0.15, 0.2) is 0 Å². The zero-order chi connectivity index (χ0) is 17.0. The molecule has 1 N–H and O–H groups in total. The first-order valence-corrected chi connectivity index (χ1v) is 8.91. The lowest BCUT2D eigenvalue weighted by Gasteiger charge is -2.26. The predicted molar refractivity (Wildman–Crippen MR) is 88.2 cm³/mol. The summed E-state index contributed by atoms with van der Waals surface area (Å²) in [6, 6.07) is 9.26. The van der Waals surface area contributed by atoms with Crippen molar-refractivity contribution in [3.63, 3.8) is 0 Å². The Morgan fingerprint density at radius 2 is 1.67 bits per heavy atom. The van der Waals surface area contributed by atoms with E-state index in [9.17, 15) is 13.2 Å². The summed E-state index contributed by atoms with van der Waals surface area (Å²) in [7, 11) is -3.55. The highest BCUT2D eigenvalue weighted by molar-refractivity contribution is 7.89. The Bertz CT molecular complexity index is 801.